The summed E-state index contributed by atoms with van der Waals surface area (Å²) in [6.07, 6.45) is 6.90. The van der Waals surface area contributed by atoms with E-state index in [0.29, 0.717) is 18.4 Å². The number of hydrogen-bond acceptors (Lipinski definition) is 3. The lowest BCUT2D eigenvalue weighted by molar-refractivity contribution is 0.00989. The molecule has 0 amide bonds. The molecular weight excluding hydrogens is 250 g/mol. The van der Waals surface area contributed by atoms with E-state index < -0.39 is 10.0 Å². The van der Waals surface area contributed by atoms with Gasteiger partial charge in [0.2, 0.25) is 10.0 Å². The van der Waals surface area contributed by atoms with Gasteiger partial charge in [-0.1, -0.05) is 26.7 Å². The Morgan fingerprint density at radius 1 is 1.33 bits per heavy atom. The Balaban J connectivity index is 2.09. The summed E-state index contributed by atoms with van der Waals surface area (Å²) in [7, 11) is -3.31. The second kappa shape index (κ2) is 7.46. The summed E-state index contributed by atoms with van der Waals surface area (Å²) in [5.41, 5.74) is 0. The van der Waals surface area contributed by atoms with Crippen molar-refractivity contribution in [2.24, 2.45) is 17.0 Å². The van der Waals surface area contributed by atoms with Crippen LogP contribution >= 0.6 is 0 Å². The van der Waals surface area contributed by atoms with Crippen LogP contribution in [-0.4, -0.2) is 26.9 Å². The lowest BCUT2D eigenvalue weighted by Crippen LogP contribution is -2.23. The minimum absolute atomic E-state index is 0.0780. The van der Waals surface area contributed by atoms with Crippen LogP contribution in [0.4, 0.5) is 0 Å². The monoisotopic (exact) mass is 277 g/mol. The van der Waals surface area contributed by atoms with Crippen molar-refractivity contribution in [2.45, 2.75) is 58.5 Å². The summed E-state index contributed by atoms with van der Waals surface area (Å²) in [6.45, 7) is 5.07. The molecule has 3 unspecified atom stereocenters. The van der Waals surface area contributed by atoms with Crippen LogP contribution in [0.25, 0.3) is 0 Å². The van der Waals surface area contributed by atoms with Gasteiger partial charge in [-0.2, -0.15) is 0 Å². The zero-order chi connectivity index (χ0) is 13.6. The molecule has 0 aliphatic heterocycles. The highest BCUT2D eigenvalue weighted by atomic mass is 32.2. The molecule has 1 fully saturated rings. The van der Waals surface area contributed by atoms with Crippen molar-refractivity contribution in [1.29, 1.82) is 0 Å². The molecule has 2 N–H and O–H groups in total. The molecule has 0 aromatic carbocycles. The van der Waals surface area contributed by atoms with E-state index >= 15 is 0 Å². The van der Waals surface area contributed by atoms with Crippen LogP contribution in [0.15, 0.2) is 0 Å². The Labute approximate surface area is 111 Å². The molecule has 18 heavy (non-hydrogen) atoms. The van der Waals surface area contributed by atoms with Crippen LogP contribution in [0.3, 0.4) is 0 Å². The summed E-state index contributed by atoms with van der Waals surface area (Å²) in [5.74, 6) is 1.21. The van der Waals surface area contributed by atoms with Crippen LogP contribution in [0.2, 0.25) is 0 Å². The van der Waals surface area contributed by atoms with Gasteiger partial charge in [0, 0.05) is 6.61 Å². The van der Waals surface area contributed by atoms with Gasteiger partial charge >= 0.3 is 0 Å². The zero-order valence-corrected chi connectivity index (χ0v) is 12.4. The number of sulfonamides is 1. The SMILES string of the molecule is CC(CCOC1CCCC(C)C1)CCS(N)(=O)=O. The molecule has 5 heteroatoms. The van der Waals surface area contributed by atoms with E-state index in [0.717, 1.165) is 18.9 Å². The largest absolute Gasteiger partial charge is 0.378 e. The van der Waals surface area contributed by atoms with Crippen LogP contribution < -0.4 is 5.14 Å². The van der Waals surface area contributed by atoms with Crippen LogP contribution in [0, 0.1) is 11.8 Å². The quantitative estimate of drug-likeness (QED) is 0.776. The first-order valence-corrected chi connectivity index (χ1v) is 8.70. The van der Waals surface area contributed by atoms with E-state index in [1.165, 1.54) is 25.7 Å². The number of ether oxygens (including phenoxy) is 1. The van der Waals surface area contributed by atoms with Gasteiger partial charge in [0.05, 0.1) is 11.9 Å². The van der Waals surface area contributed by atoms with E-state index in [1.807, 2.05) is 0 Å². The Kier molecular flexibility index (Phi) is 6.60. The van der Waals surface area contributed by atoms with Crippen molar-refractivity contribution >= 4 is 10.0 Å². The second-order valence-corrected chi connectivity index (χ2v) is 7.55. The van der Waals surface area contributed by atoms with E-state index in [-0.39, 0.29) is 5.75 Å². The zero-order valence-electron chi connectivity index (χ0n) is 11.6. The van der Waals surface area contributed by atoms with Crippen molar-refractivity contribution < 1.29 is 13.2 Å². The molecule has 108 valence electrons. The minimum Gasteiger partial charge on any atom is -0.378 e. The molecule has 1 aliphatic carbocycles. The maximum Gasteiger partial charge on any atom is 0.209 e. The molecular formula is C13H27NO3S. The second-order valence-electron chi connectivity index (χ2n) is 5.81. The molecule has 0 aromatic heterocycles. The average molecular weight is 277 g/mol. The van der Waals surface area contributed by atoms with E-state index in [1.54, 1.807) is 0 Å². The molecule has 4 nitrogen and oxygen atoms in total. The Bertz CT molecular complexity index is 329. The smallest absolute Gasteiger partial charge is 0.209 e. The van der Waals surface area contributed by atoms with Crippen LogP contribution in [-0.2, 0) is 14.8 Å². The highest BCUT2D eigenvalue weighted by Gasteiger charge is 2.19. The molecule has 0 radical (unpaired) electrons. The minimum atomic E-state index is -3.31. The number of hydrogen-bond donors (Lipinski definition) is 1. The van der Waals surface area contributed by atoms with Gasteiger partial charge in [-0.05, 0) is 37.5 Å². The predicted molar refractivity (Wildman–Crippen MR) is 73.7 cm³/mol. The number of primary sulfonamides is 1. The molecule has 1 rings (SSSR count). The van der Waals surface area contributed by atoms with Gasteiger partial charge in [-0.25, -0.2) is 13.6 Å². The van der Waals surface area contributed by atoms with Crippen molar-refractivity contribution in [3.63, 3.8) is 0 Å². The van der Waals surface area contributed by atoms with Crippen LogP contribution in [0.5, 0.6) is 0 Å². The first kappa shape index (κ1) is 15.9. The maximum absolute atomic E-state index is 10.8. The lowest BCUT2D eigenvalue weighted by atomic mass is 9.89. The fraction of sp³-hybridized carbons (Fsp3) is 1.00. The Morgan fingerprint density at radius 2 is 2.06 bits per heavy atom. The highest BCUT2D eigenvalue weighted by molar-refractivity contribution is 7.89. The van der Waals surface area contributed by atoms with Gasteiger partial charge in [0.1, 0.15) is 0 Å². The molecule has 0 bridgehead atoms. The molecule has 0 heterocycles. The number of rotatable bonds is 7. The van der Waals surface area contributed by atoms with Crippen LogP contribution in [0.1, 0.15) is 52.4 Å². The molecule has 1 saturated carbocycles. The summed E-state index contributed by atoms with van der Waals surface area (Å²) in [6, 6.07) is 0. The van der Waals surface area contributed by atoms with Crippen molar-refractivity contribution in [3.05, 3.63) is 0 Å². The highest BCUT2D eigenvalue weighted by Crippen LogP contribution is 2.26. The van der Waals surface area contributed by atoms with Gasteiger partial charge < -0.3 is 4.74 Å². The standard InChI is InChI=1S/C13H27NO3S/c1-11(7-9-18(14,15)16)6-8-17-13-5-3-4-12(2)10-13/h11-13H,3-10H2,1-2H3,(H2,14,15,16). The van der Waals surface area contributed by atoms with E-state index in [9.17, 15) is 8.42 Å². The average Bonchev–Trinajstić information content (AvgIpc) is 2.25. The summed E-state index contributed by atoms with van der Waals surface area (Å²) in [5, 5.41) is 4.99. The summed E-state index contributed by atoms with van der Waals surface area (Å²) in [4.78, 5) is 0. The van der Waals surface area contributed by atoms with E-state index in [4.69, 9.17) is 9.88 Å². The maximum atomic E-state index is 10.8. The van der Waals surface area contributed by atoms with Gasteiger partial charge in [0.25, 0.3) is 0 Å². The van der Waals surface area contributed by atoms with Crippen molar-refractivity contribution in [1.82, 2.24) is 0 Å². The van der Waals surface area contributed by atoms with Crippen molar-refractivity contribution in [2.75, 3.05) is 12.4 Å². The third kappa shape index (κ3) is 7.34. The van der Waals surface area contributed by atoms with Gasteiger partial charge in [0.15, 0.2) is 0 Å². The molecule has 0 spiro atoms. The molecule has 3 atom stereocenters. The third-order valence-electron chi connectivity index (χ3n) is 3.75. The first-order valence-electron chi connectivity index (χ1n) is 6.99. The topological polar surface area (TPSA) is 69.4 Å². The Hall–Kier alpha value is -0.130. The summed E-state index contributed by atoms with van der Waals surface area (Å²) < 4.78 is 27.6. The lowest BCUT2D eigenvalue weighted by Gasteiger charge is -2.27. The van der Waals surface area contributed by atoms with Gasteiger partial charge in [-0.15, -0.1) is 0 Å². The third-order valence-corrected chi connectivity index (χ3v) is 4.55. The van der Waals surface area contributed by atoms with Gasteiger partial charge in [-0.3, -0.25) is 0 Å². The molecule has 0 aromatic rings. The first-order chi connectivity index (χ1) is 8.37. The number of nitrogens with two attached hydrogens (primary N) is 1. The normalized spacial score (nSPS) is 27.1. The van der Waals surface area contributed by atoms with Crippen molar-refractivity contribution in [3.8, 4) is 0 Å². The van der Waals surface area contributed by atoms with E-state index in [2.05, 4.69) is 13.8 Å². The molecule has 1 aliphatic rings. The Morgan fingerprint density at radius 3 is 2.67 bits per heavy atom. The molecule has 0 saturated heterocycles. The predicted octanol–water partition coefficient (Wildman–Crippen LogP) is 2.29. The fourth-order valence-electron chi connectivity index (χ4n) is 2.48. The fourth-order valence-corrected chi connectivity index (χ4v) is 3.21. The summed E-state index contributed by atoms with van der Waals surface area (Å²) >= 11 is 0.